The Bertz CT molecular complexity index is 1210. The second-order valence-electron chi connectivity index (χ2n) is 11.8. The highest BCUT2D eigenvalue weighted by Crippen LogP contribution is 2.54. The molecule has 1 unspecified atom stereocenters. The third kappa shape index (κ3) is 4.11. The number of carbonyl (C=O) groups is 2. The minimum absolute atomic E-state index is 0.0664. The second kappa shape index (κ2) is 7.97. The maximum atomic E-state index is 13.9. The monoisotopic (exact) mass is 454 g/mol. The summed E-state index contributed by atoms with van der Waals surface area (Å²) in [6.45, 7) is 10.7. The van der Waals surface area contributed by atoms with E-state index in [0.29, 0.717) is 5.92 Å². The predicted octanol–water partition coefficient (Wildman–Crippen LogP) is 6.12. The van der Waals surface area contributed by atoms with Crippen molar-refractivity contribution in [2.75, 3.05) is 0 Å². The minimum Gasteiger partial charge on any atom is -0.349 e. The van der Waals surface area contributed by atoms with Crippen LogP contribution in [0, 0.1) is 11.3 Å². The van der Waals surface area contributed by atoms with Crippen LogP contribution in [0.3, 0.4) is 0 Å². The van der Waals surface area contributed by atoms with Crippen LogP contribution < -0.4 is 5.32 Å². The molecule has 1 N–H and O–H groups in total. The van der Waals surface area contributed by atoms with Crippen molar-refractivity contribution < 1.29 is 9.59 Å². The van der Waals surface area contributed by atoms with Crippen LogP contribution in [0.5, 0.6) is 0 Å². The van der Waals surface area contributed by atoms with Crippen LogP contribution in [-0.2, 0) is 9.59 Å². The molecule has 2 aromatic carbocycles. The third-order valence-electron chi connectivity index (χ3n) is 6.81. The van der Waals surface area contributed by atoms with Crippen molar-refractivity contribution in [2.45, 2.75) is 65.5 Å². The number of nitrogens with zero attached hydrogens (tertiary/aromatic N) is 1. The highest BCUT2D eigenvalue weighted by Gasteiger charge is 2.48. The molecule has 2 aromatic rings. The Morgan fingerprint density at radius 3 is 2.26 bits per heavy atom. The summed E-state index contributed by atoms with van der Waals surface area (Å²) < 4.78 is 0. The Morgan fingerprint density at radius 1 is 0.971 bits per heavy atom. The van der Waals surface area contributed by atoms with Crippen molar-refractivity contribution in [3.05, 3.63) is 83.1 Å². The van der Waals surface area contributed by atoms with Gasteiger partial charge >= 0.3 is 0 Å². The molecule has 2 aliphatic heterocycles. The van der Waals surface area contributed by atoms with Crippen LogP contribution in [0.25, 0.3) is 11.1 Å². The molecule has 1 aliphatic carbocycles. The molecular weight excluding hydrogens is 420 g/mol. The quantitative estimate of drug-likeness (QED) is 0.592. The van der Waals surface area contributed by atoms with Gasteiger partial charge in [0.25, 0.3) is 5.91 Å². The summed E-state index contributed by atoms with van der Waals surface area (Å²) in [5, 5.41) is 3.29. The fourth-order valence-corrected chi connectivity index (χ4v) is 5.93. The van der Waals surface area contributed by atoms with Crippen molar-refractivity contribution in [3.8, 4) is 0 Å². The van der Waals surface area contributed by atoms with E-state index in [1.54, 1.807) is 11.0 Å². The molecule has 3 aliphatic rings. The zero-order valence-corrected chi connectivity index (χ0v) is 20.8. The molecular formula is C30H34N2O2. The number of rotatable bonds is 5. The number of allylic oxidation sites excluding steroid dienone is 2. The SMILES string of the molecule is CC(C)(C)CC(C)(C)NC(=O)C1c2ccccc2C(C2CC2)=C2C(c3ccccc3)=CC(=O)N21. The molecule has 34 heavy (non-hydrogen) atoms. The summed E-state index contributed by atoms with van der Waals surface area (Å²) in [6.07, 6.45) is 4.79. The predicted molar refractivity (Wildman–Crippen MR) is 136 cm³/mol. The van der Waals surface area contributed by atoms with Crippen molar-refractivity contribution >= 4 is 23.0 Å². The summed E-state index contributed by atoms with van der Waals surface area (Å²) in [4.78, 5) is 29.2. The molecule has 2 amide bonds. The molecule has 0 saturated heterocycles. The first-order valence-corrected chi connectivity index (χ1v) is 12.3. The van der Waals surface area contributed by atoms with Gasteiger partial charge in [0.2, 0.25) is 5.91 Å². The van der Waals surface area contributed by atoms with Gasteiger partial charge in [0.05, 0.1) is 5.70 Å². The molecule has 0 radical (unpaired) electrons. The van der Waals surface area contributed by atoms with Gasteiger partial charge in [-0.1, -0.05) is 75.4 Å². The van der Waals surface area contributed by atoms with Crippen LogP contribution >= 0.6 is 0 Å². The number of carbonyl (C=O) groups excluding carboxylic acids is 2. The Labute approximate surface area is 202 Å². The fraction of sp³-hybridized carbons (Fsp3) is 0.400. The maximum absolute atomic E-state index is 13.9. The van der Waals surface area contributed by atoms with Gasteiger partial charge in [-0.15, -0.1) is 0 Å². The van der Waals surface area contributed by atoms with Gasteiger partial charge in [-0.3, -0.25) is 14.5 Å². The van der Waals surface area contributed by atoms with E-state index in [0.717, 1.165) is 47.2 Å². The van der Waals surface area contributed by atoms with Gasteiger partial charge in [0.1, 0.15) is 6.04 Å². The molecule has 4 nitrogen and oxygen atoms in total. The van der Waals surface area contributed by atoms with E-state index in [9.17, 15) is 9.59 Å². The number of hydrogen-bond donors (Lipinski definition) is 1. The molecule has 1 atom stereocenters. The Kier molecular flexibility index (Phi) is 5.31. The molecule has 176 valence electrons. The van der Waals surface area contributed by atoms with Crippen molar-refractivity contribution in [1.82, 2.24) is 10.2 Å². The summed E-state index contributed by atoms with van der Waals surface area (Å²) in [5.74, 6) is 0.193. The minimum atomic E-state index is -0.682. The molecule has 2 heterocycles. The highest BCUT2D eigenvalue weighted by atomic mass is 16.2. The second-order valence-corrected chi connectivity index (χ2v) is 11.8. The standard InChI is InChI=1S/C30H34N2O2/c1-29(2,3)18-30(4,5)31-28(34)27-22-14-10-9-13-21(22)25(20-15-16-20)26-23(17-24(33)32(26)27)19-11-7-6-8-12-19/h6-14,17,20,27H,15-16,18H2,1-5H3,(H,31,34). The van der Waals surface area contributed by atoms with E-state index in [1.165, 1.54) is 5.57 Å². The number of nitrogens with one attached hydrogen (secondary N) is 1. The van der Waals surface area contributed by atoms with E-state index >= 15 is 0 Å². The molecule has 5 rings (SSSR count). The van der Waals surface area contributed by atoms with Crippen LogP contribution in [0.15, 0.2) is 66.4 Å². The van der Waals surface area contributed by atoms with Gasteiger partial charge in [-0.05, 0) is 66.7 Å². The van der Waals surface area contributed by atoms with Crippen LogP contribution in [0.4, 0.5) is 0 Å². The number of hydrogen-bond acceptors (Lipinski definition) is 2. The molecule has 4 heteroatoms. The normalized spacial score (nSPS) is 20.1. The first-order valence-electron chi connectivity index (χ1n) is 12.3. The lowest BCUT2D eigenvalue weighted by molar-refractivity contribution is -0.135. The number of benzene rings is 2. The largest absolute Gasteiger partial charge is 0.349 e. The summed E-state index contributed by atoms with van der Waals surface area (Å²) in [5.41, 5.74) is 5.78. The topological polar surface area (TPSA) is 49.4 Å². The van der Waals surface area contributed by atoms with Gasteiger partial charge in [0.15, 0.2) is 0 Å². The molecule has 0 aromatic heterocycles. The van der Waals surface area contributed by atoms with E-state index in [2.05, 4.69) is 46.0 Å². The Hall–Kier alpha value is -3.14. The average Bonchev–Trinajstić information content (AvgIpc) is 3.53. The summed E-state index contributed by atoms with van der Waals surface area (Å²) in [7, 11) is 0. The lowest BCUT2D eigenvalue weighted by Crippen LogP contribution is -2.51. The van der Waals surface area contributed by atoms with E-state index in [1.807, 2.05) is 48.5 Å². The van der Waals surface area contributed by atoms with Crippen molar-refractivity contribution in [1.29, 1.82) is 0 Å². The van der Waals surface area contributed by atoms with Crippen LogP contribution in [0.2, 0.25) is 0 Å². The molecule has 0 spiro atoms. The summed E-state index contributed by atoms with van der Waals surface area (Å²) >= 11 is 0. The number of fused-ring (bicyclic) bond motifs is 2. The maximum Gasteiger partial charge on any atom is 0.252 e. The van der Waals surface area contributed by atoms with Gasteiger partial charge in [-0.2, -0.15) is 0 Å². The molecule has 1 saturated carbocycles. The van der Waals surface area contributed by atoms with E-state index < -0.39 is 11.6 Å². The zero-order chi connectivity index (χ0) is 24.3. The smallest absolute Gasteiger partial charge is 0.252 e. The lowest BCUT2D eigenvalue weighted by Gasteiger charge is -2.40. The fourth-order valence-electron chi connectivity index (χ4n) is 5.93. The Morgan fingerprint density at radius 2 is 1.62 bits per heavy atom. The molecule has 1 fully saturated rings. The van der Waals surface area contributed by atoms with Crippen LogP contribution in [0.1, 0.15) is 76.6 Å². The van der Waals surface area contributed by atoms with E-state index in [4.69, 9.17) is 0 Å². The van der Waals surface area contributed by atoms with Crippen LogP contribution in [-0.4, -0.2) is 22.3 Å². The van der Waals surface area contributed by atoms with Gasteiger partial charge in [0, 0.05) is 17.2 Å². The first-order chi connectivity index (χ1) is 16.1. The first kappa shape index (κ1) is 22.6. The van der Waals surface area contributed by atoms with Crippen molar-refractivity contribution in [3.63, 3.8) is 0 Å². The zero-order valence-electron chi connectivity index (χ0n) is 20.8. The molecule has 0 bridgehead atoms. The van der Waals surface area contributed by atoms with Gasteiger partial charge < -0.3 is 5.32 Å². The average molecular weight is 455 g/mol. The van der Waals surface area contributed by atoms with Crippen molar-refractivity contribution in [2.24, 2.45) is 11.3 Å². The highest BCUT2D eigenvalue weighted by molar-refractivity contribution is 6.13. The van der Waals surface area contributed by atoms with Gasteiger partial charge in [-0.25, -0.2) is 0 Å². The van der Waals surface area contributed by atoms with E-state index in [-0.39, 0.29) is 17.2 Å². The lowest BCUT2D eigenvalue weighted by atomic mass is 9.80. The Balaban J connectivity index is 1.63. The number of amides is 2. The summed E-state index contributed by atoms with van der Waals surface area (Å²) in [6, 6.07) is 17.5. The third-order valence-corrected chi connectivity index (χ3v) is 6.81.